The number of nitrogens with zero attached hydrogens (tertiary/aromatic N) is 2. The Labute approximate surface area is 150 Å². The molecule has 2 aromatic rings. The normalized spacial score (nSPS) is 11.5. The van der Waals surface area contributed by atoms with Gasteiger partial charge < -0.3 is 9.84 Å². The zero-order valence-electron chi connectivity index (χ0n) is 14.3. The summed E-state index contributed by atoms with van der Waals surface area (Å²) in [5, 5.41) is 24.5. The van der Waals surface area contributed by atoms with Gasteiger partial charge in [-0.3, -0.25) is 10.1 Å². The molecule has 2 aromatic carbocycles. The molecule has 26 heavy (non-hydrogen) atoms. The first-order chi connectivity index (χ1) is 12.2. The number of methoxy groups -OCH3 is 1. The summed E-state index contributed by atoms with van der Waals surface area (Å²) in [5.74, 6) is -0.415. The largest absolute Gasteiger partial charge is 0.504 e. The molecule has 0 saturated heterocycles. The lowest BCUT2D eigenvalue weighted by Gasteiger charge is -2.08. The highest BCUT2D eigenvalue weighted by Crippen LogP contribution is 2.32. The van der Waals surface area contributed by atoms with Gasteiger partial charge in [0.05, 0.1) is 34.8 Å². The average Bonchev–Trinajstić information content (AvgIpc) is 2.54. The zero-order chi connectivity index (χ0) is 19.5. The van der Waals surface area contributed by atoms with Crippen LogP contribution in [0.1, 0.15) is 16.7 Å². The molecule has 9 nitrogen and oxygen atoms in total. The lowest BCUT2D eigenvalue weighted by molar-refractivity contribution is -0.385. The summed E-state index contributed by atoms with van der Waals surface area (Å²) in [4.78, 5) is 12.5. The van der Waals surface area contributed by atoms with E-state index in [0.29, 0.717) is 5.56 Å². The second kappa shape index (κ2) is 7.40. The number of ether oxygens (including phenoxy) is 1. The van der Waals surface area contributed by atoms with Crippen molar-refractivity contribution in [3.05, 3.63) is 57.1 Å². The van der Waals surface area contributed by atoms with Crippen LogP contribution in [0.3, 0.4) is 0 Å². The molecule has 0 spiro atoms. The SMILES string of the molecule is COc1cc([N+](=O)[O-])c(/C=N/NS(=O)(=O)c2ccc(C)cc2C)cc1O. The Kier molecular flexibility index (Phi) is 5.46. The third kappa shape index (κ3) is 4.09. The third-order valence-corrected chi connectivity index (χ3v) is 4.90. The van der Waals surface area contributed by atoms with E-state index in [-0.39, 0.29) is 22.0 Å². The summed E-state index contributed by atoms with van der Waals surface area (Å²) >= 11 is 0. The molecule has 138 valence electrons. The number of nitrogens with one attached hydrogen (secondary N) is 1. The highest BCUT2D eigenvalue weighted by Gasteiger charge is 2.19. The van der Waals surface area contributed by atoms with Gasteiger partial charge >= 0.3 is 0 Å². The van der Waals surface area contributed by atoms with E-state index in [1.807, 2.05) is 11.8 Å². The smallest absolute Gasteiger partial charge is 0.282 e. The maximum absolute atomic E-state index is 12.3. The van der Waals surface area contributed by atoms with E-state index in [1.54, 1.807) is 19.1 Å². The van der Waals surface area contributed by atoms with Crippen molar-refractivity contribution >= 4 is 21.9 Å². The Morgan fingerprint density at radius 1 is 1.27 bits per heavy atom. The van der Waals surface area contributed by atoms with Gasteiger partial charge in [-0.05, 0) is 31.5 Å². The van der Waals surface area contributed by atoms with E-state index in [0.717, 1.165) is 23.9 Å². The van der Waals surface area contributed by atoms with E-state index >= 15 is 0 Å². The molecule has 0 aliphatic heterocycles. The Bertz CT molecular complexity index is 986. The number of nitro groups is 1. The first-order valence-corrected chi connectivity index (χ1v) is 8.81. The van der Waals surface area contributed by atoms with Crippen molar-refractivity contribution in [3.63, 3.8) is 0 Å². The number of hydrogen-bond donors (Lipinski definition) is 2. The maximum atomic E-state index is 12.3. The summed E-state index contributed by atoms with van der Waals surface area (Å²) in [6.07, 6.45) is 0.943. The van der Waals surface area contributed by atoms with Crippen LogP contribution in [-0.4, -0.2) is 31.8 Å². The first kappa shape index (κ1) is 19.2. The van der Waals surface area contributed by atoms with Crippen LogP contribution in [0.4, 0.5) is 5.69 Å². The van der Waals surface area contributed by atoms with Crippen LogP contribution in [0.25, 0.3) is 0 Å². The van der Waals surface area contributed by atoms with Crippen LogP contribution >= 0.6 is 0 Å². The summed E-state index contributed by atoms with van der Waals surface area (Å²) in [6.45, 7) is 3.49. The molecule has 0 heterocycles. The van der Waals surface area contributed by atoms with Gasteiger partial charge in [0.15, 0.2) is 11.5 Å². The summed E-state index contributed by atoms with van der Waals surface area (Å²) < 4.78 is 29.4. The van der Waals surface area contributed by atoms with E-state index in [1.165, 1.54) is 13.2 Å². The van der Waals surface area contributed by atoms with Crippen molar-refractivity contribution in [3.8, 4) is 11.5 Å². The average molecular weight is 379 g/mol. The molecule has 2 rings (SSSR count). The molecule has 0 unspecified atom stereocenters. The number of phenols is 1. The van der Waals surface area contributed by atoms with Gasteiger partial charge in [0.1, 0.15) is 0 Å². The molecule has 0 atom stereocenters. The monoisotopic (exact) mass is 379 g/mol. The van der Waals surface area contributed by atoms with Crippen molar-refractivity contribution in [1.82, 2.24) is 4.83 Å². The number of aromatic hydroxyl groups is 1. The third-order valence-electron chi connectivity index (χ3n) is 3.52. The van der Waals surface area contributed by atoms with Crippen molar-refractivity contribution < 1.29 is 23.2 Å². The quantitative estimate of drug-likeness (QED) is 0.449. The first-order valence-electron chi connectivity index (χ1n) is 7.33. The number of sulfonamides is 1. The van der Waals surface area contributed by atoms with Gasteiger partial charge in [-0.2, -0.15) is 13.5 Å². The van der Waals surface area contributed by atoms with Gasteiger partial charge in [0, 0.05) is 0 Å². The van der Waals surface area contributed by atoms with Gasteiger partial charge in [-0.1, -0.05) is 17.7 Å². The van der Waals surface area contributed by atoms with Gasteiger partial charge in [-0.15, -0.1) is 0 Å². The summed E-state index contributed by atoms with van der Waals surface area (Å²) in [5.41, 5.74) is 0.973. The Hall–Kier alpha value is -3.14. The Morgan fingerprint density at radius 2 is 1.96 bits per heavy atom. The highest BCUT2D eigenvalue weighted by atomic mass is 32.2. The standard InChI is InChI=1S/C16H17N3O6S/c1-10-4-5-16(11(2)6-10)26(23,24)18-17-9-12-7-14(20)15(25-3)8-13(12)19(21)22/h4-9,18,20H,1-3H3/b17-9+. The van der Waals surface area contributed by atoms with Gasteiger partial charge in [0.25, 0.3) is 15.7 Å². The number of phenolic OH excluding ortho intramolecular Hbond substituents is 1. The van der Waals surface area contributed by atoms with Gasteiger partial charge in [0.2, 0.25) is 0 Å². The van der Waals surface area contributed by atoms with Crippen LogP contribution in [0.5, 0.6) is 11.5 Å². The number of hydrogen-bond acceptors (Lipinski definition) is 7. The number of hydrazone groups is 1. The van der Waals surface area contributed by atoms with Crippen molar-refractivity contribution in [2.75, 3.05) is 7.11 Å². The van der Waals surface area contributed by atoms with Gasteiger partial charge in [-0.25, -0.2) is 4.83 Å². The van der Waals surface area contributed by atoms with E-state index in [4.69, 9.17) is 4.74 Å². The van der Waals surface area contributed by atoms with Crippen LogP contribution in [0.15, 0.2) is 40.3 Å². The fourth-order valence-electron chi connectivity index (χ4n) is 2.31. The molecule has 0 aliphatic rings. The number of rotatable bonds is 6. The van der Waals surface area contributed by atoms with E-state index in [9.17, 15) is 23.6 Å². The molecular formula is C16H17N3O6S. The van der Waals surface area contributed by atoms with Crippen LogP contribution < -0.4 is 9.57 Å². The molecule has 0 saturated carbocycles. The second-order valence-corrected chi connectivity index (χ2v) is 7.09. The predicted molar refractivity (Wildman–Crippen MR) is 95.1 cm³/mol. The summed E-state index contributed by atoms with van der Waals surface area (Å²) in [6, 6.07) is 6.90. The molecular weight excluding hydrogens is 362 g/mol. The maximum Gasteiger partial charge on any atom is 0.282 e. The Morgan fingerprint density at radius 3 is 2.54 bits per heavy atom. The van der Waals surface area contributed by atoms with Crippen molar-refractivity contribution in [2.24, 2.45) is 5.10 Å². The molecule has 0 amide bonds. The van der Waals surface area contributed by atoms with Crippen LogP contribution in [0, 0.1) is 24.0 Å². The molecule has 0 bridgehead atoms. The Balaban J connectivity index is 2.33. The van der Waals surface area contributed by atoms with Crippen molar-refractivity contribution in [1.29, 1.82) is 0 Å². The minimum atomic E-state index is -3.94. The number of benzene rings is 2. The van der Waals surface area contributed by atoms with Crippen LogP contribution in [-0.2, 0) is 10.0 Å². The molecule has 10 heteroatoms. The molecule has 0 radical (unpaired) electrons. The minimum Gasteiger partial charge on any atom is -0.504 e. The predicted octanol–water partition coefficient (Wildman–Crippen LogP) is 2.24. The van der Waals surface area contributed by atoms with E-state index in [2.05, 4.69) is 5.10 Å². The minimum absolute atomic E-state index is 0.0485. The lowest BCUT2D eigenvalue weighted by atomic mass is 10.1. The molecule has 0 aromatic heterocycles. The topological polar surface area (TPSA) is 131 Å². The molecule has 2 N–H and O–H groups in total. The number of aryl methyl sites for hydroxylation is 2. The summed E-state index contributed by atoms with van der Waals surface area (Å²) in [7, 11) is -2.68. The fraction of sp³-hybridized carbons (Fsp3) is 0.188. The fourth-order valence-corrected chi connectivity index (χ4v) is 3.33. The molecule has 0 aliphatic carbocycles. The zero-order valence-corrected chi connectivity index (χ0v) is 15.1. The highest BCUT2D eigenvalue weighted by molar-refractivity contribution is 7.89. The van der Waals surface area contributed by atoms with Crippen molar-refractivity contribution in [2.45, 2.75) is 18.7 Å². The molecule has 0 fully saturated rings. The number of nitro benzene ring substituents is 1. The van der Waals surface area contributed by atoms with E-state index < -0.39 is 20.6 Å². The lowest BCUT2D eigenvalue weighted by Crippen LogP contribution is -2.19. The second-order valence-electron chi connectivity index (χ2n) is 5.46. The van der Waals surface area contributed by atoms with Crippen LogP contribution in [0.2, 0.25) is 0 Å².